The molecule has 0 aromatic rings. The summed E-state index contributed by atoms with van der Waals surface area (Å²) in [4.78, 5) is 0. The fourth-order valence-electron chi connectivity index (χ4n) is 2.60. The van der Waals surface area contributed by atoms with Crippen LogP contribution in [0.3, 0.4) is 0 Å². The second kappa shape index (κ2) is 5.65. The molecule has 2 fully saturated rings. The predicted octanol–water partition coefficient (Wildman–Crippen LogP) is 0.179. The molecule has 1 heterocycles. The lowest BCUT2D eigenvalue weighted by Crippen LogP contribution is -2.52. The molecular weight excluding hydrogens is 240 g/mol. The molecule has 1 N–H and O–H groups in total. The SMILES string of the molecule is CS(=O)(=O)C1CCCC(NN2CCOCC2)C1. The van der Waals surface area contributed by atoms with Gasteiger partial charge in [-0.15, -0.1) is 0 Å². The van der Waals surface area contributed by atoms with Crippen molar-refractivity contribution in [2.24, 2.45) is 0 Å². The molecule has 2 aliphatic rings. The molecule has 2 rings (SSSR count). The van der Waals surface area contributed by atoms with E-state index in [0.29, 0.717) is 6.04 Å². The Morgan fingerprint density at radius 2 is 1.94 bits per heavy atom. The van der Waals surface area contributed by atoms with Gasteiger partial charge < -0.3 is 4.74 Å². The Kier molecular flexibility index (Phi) is 4.41. The highest BCUT2D eigenvalue weighted by atomic mass is 32.2. The molecule has 1 saturated heterocycles. The van der Waals surface area contributed by atoms with Gasteiger partial charge in [0.25, 0.3) is 0 Å². The maximum absolute atomic E-state index is 11.6. The van der Waals surface area contributed by atoms with Crippen molar-refractivity contribution in [3.05, 3.63) is 0 Å². The van der Waals surface area contributed by atoms with Crippen LogP contribution in [-0.4, -0.2) is 57.3 Å². The molecular formula is C11H22N2O3S. The number of hydrazine groups is 1. The highest BCUT2D eigenvalue weighted by Gasteiger charge is 2.29. The molecule has 1 aliphatic carbocycles. The minimum absolute atomic E-state index is 0.158. The minimum Gasteiger partial charge on any atom is -0.379 e. The number of nitrogens with zero attached hydrogens (tertiary/aromatic N) is 1. The number of nitrogens with one attached hydrogen (secondary N) is 1. The van der Waals surface area contributed by atoms with Gasteiger partial charge in [-0.3, -0.25) is 5.43 Å². The van der Waals surface area contributed by atoms with E-state index in [1.807, 2.05) is 0 Å². The van der Waals surface area contributed by atoms with Crippen LogP contribution < -0.4 is 5.43 Å². The molecule has 1 saturated carbocycles. The van der Waals surface area contributed by atoms with Crippen LogP contribution in [0.2, 0.25) is 0 Å². The third kappa shape index (κ3) is 3.91. The maximum atomic E-state index is 11.6. The molecule has 0 aromatic carbocycles. The van der Waals surface area contributed by atoms with Gasteiger partial charge in [0.1, 0.15) is 9.84 Å². The Morgan fingerprint density at radius 3 is 2.59 bits per heavy atom. The number of hydrogen-bond acceptors (Lipinski definition) is 5. The summed E-state index contributed by atoms with van der Waals surface area (Å²) in [5.41, 5.74) is 3.45. The second-order valence-corrected chi connectivity index (χ2v) is 7.37. The Bertz CT molecular complexity index is 339. The van der Waals surface area contributed by atoms with Gasteiger partial charge in [-0.25, -0.2) is 13.4 Å². The molecule has 6 heteroatoms. The van der Waals surface area contributed by atoms with Gasteiger partial charge in [0, 0.05) is 25.4 Å². The molecule has 17 heavy (non-hydrogen) atoms. The summed E-state index contributed by atoms with van der Waals surface area (Å²) in [6, 6.07) is 0.307. The van der Waals surface area contributed by atoms with E-state index >= 15 is 0 Å². The smallest absolute Gasteiger partial charge is 0.150 e. The third-order valence-corrected chi connectivity index (χ3v) is 5.25. The minimum atomic E-state index is -2.88. The van der Waals surface area contributed by atoms with Crippen LogP contribution in [0, 0.1) is 0 Å². The Hall–Kier alpha value is -0.170. The highest BCUT2D eigenvalue weighted by Crippen LogP contribution is 2.24. The second-order valence-electron chi connectivity index (χ2n) is 5.04. The van der Waals surface area contributed by atoms with Crippen molar-refractivity contribution >= 4 is 9.84 Å². The van der Waals surface area contributed by atoms with Crippen LogP contribution in [0.4, 0.5) is 0 Å². The van der Waals surface area contributed by atoms with Crippen LogP contribution >= 0.6 is 0 Å². The van der Waals surface area contributed by atoms with E-state index in [0.717, 1.165) is 52.0 Å². The maximum Gasteiger partial charge on any atom is 0.150 e. The summed E-state index contributed by atoms with van der Waals surface area (Å²) in [5, 5.41) is 2.01. The van der Waals surface area contributed by atoms with Crippen molar-refractivity contribution in [1.29, 1.82) is 0 Å². The summed E-state index contributed by atoms with van der Waals surface area (Å²) < 4.78 is 28.4. The van der Waals surface area contributed by atoms with Crippen molar-refractivity contribution in [3.63, 3.8) is 0 Å². The van der Waals surface area contributed by atoms with Crippen LogP contribution in [0.5, 0.6) is 0 Å². The third-order valence-electron chi connectivity index (χ3n) is 3.61. The predicted molar refractivity (Wildman–Crippen MR) is 66.4 cm³/mol. The monoisotopic (exact) mass is 262 g/mol. The van der Waals surface area contributed by atoms with E-state index in [-0.39, 0.29) is 5.25 Å². The van der Waals surface area contributed by atoms with E-state index < -0.39 is 9.84 Å². The zero-order valence-corrected chi connectivity index (χ0v) is 11.2. The van der Waals surface area contributed by atoms with Crippen LogP contribution in [0.15, 0.2) is 0 Å². The molecule has 2 unspecified atom stereocenters. The number of ether oxygens (including phenoxy) is 1. The van der Waals surface area contributed by atoms with Crippen molar-refractivity contribution in [1.82, 2.24) is 10.4 Å². The van der Waals surface area contributed by atoms with Gasteiger partial charge in [0.05, 0.1) is 18.5 Å². The number of morpholine rings is 1. The van der Waals surface area contributed by atoms with Crippen molar-refractivity contribution in [2.75, 3.05) is 32.6 Å². The zero-order valence-electron chi connectivity index (χ0n) is 10.4. The Balaban J connectivity index is 1.84. The van der Waals surface area contributed by atoms with Gasteiger partial charge in [0.15, 0.2) is 0 Å². The van der Waals surface area contributed by atoms with E-state index in [1.165, 1.54) is 6.26 Å². The van der Waals surface area contributed by atoms with E-state index in [9.17, 15) is 8.42 Å². The molecule has 0 spiro atoms. The average Bonchev–Trinajstić information content (AvgIpc) is 2.29. The quantitative estimate of drug-likeness (QED) is 0.786. The standard InChI is InChI=1S/C11H22N2O3S/c1-17(14,15)11-4-2-3-10(9-11)12-13-5-7-16-8-6-13/h10-12H,2-9H2,1H3. The fraction of sp³-hybridized carbons (Fsp3) is 1.00. The molecule has 1 aliphatic heterocycles. The average molecular weight is 262 g/mol. The highest BCUT2D eigenvalue weighted by molar-refractivity contribution is 7.91. The molecule has 5 nitrogen and oxygen atoms in total. The Labute approximate surface area is 103 Å². The first kappa shape index (κ1) is 13.3. The number of hydrogen-bond donors (Lipinski definition) is 1. The topological polar surface area (TPSA) is 58.6 Å². The molecule has 2 atom stereocenters. The molecule has 100 valence electrons. The lowest BCUT2D eigenvalue weighted by molar-refractivity contribution is 0.000528. The summed E-state index contributed by atoms with van der Waals surface area (Å²) in [6.45, 7) is 3.30. The van der Waals surface area contributed by atoms with Gasteiger partial charge in [0.2, 0.25) is 0 Å². The number of sulfone groups is 1. The van der Waals surface area contributed by atoms with E-state index in [1.54, 1.807) is 0 Å². The lowest BCUT2D eigenvalue weighted by Gasteiger charge is -2.35. The van der Waals surface area contributed by atoms with Crippen LogP contribution in [0.25, 0.3) is 0 Å². The fourth-order valence-corrected chi connectivity index (χ4v) is 3.78. The molecule has 0 bridgehead atoms. The molecule has 0 aromatic heterocycles. The van der Waals surface area contributed by atoms with Gasteiger partial charge in [-0.2, -0.15) is 0 Å². The van der Waals surface area contributed by atoms with E-state index in [4.69, 9.17) is 4.74 Å². The Morgan fingerprint density at radius 1 is 1.24 bits per heavy atom. The van der Waals surface area contributed by atoms with Crippen molar-refractivity contribution in [3.8, 4) is 0 Å². The zero-order chi connectivity index (χ0) is 12.3. The first-order valence-corrected chi connectivity index (χ1v) is 8.29. The first-order chi connectivity index (χ1) is 8.05. The van der Waals surface area contributed by atoms with Gasteiger partial charge >= 0.3 is 0 Å². The van der Waals surface area contributed by atoms with Crippen molar-refractivity contribution in [2.45, 2.75) is 37.0 Å². The summed E-state index contributed by atoms with van der Waals surface area (Å²) >= 11 is 0. The summed E-state index contributed by atoms with van der Waals surface area (Å²) in [6.07, 6.45) is 4.99. The summed E-state index contributed by atoms with van der Waals surface area (Å²) in [7, 11) is -2.88. The molecule has 0 amide bonds. The van der Waals surface area contributed by atoms with Gasteiger partial charge in [-0.1, -0.05) is 6.42 Å². The first-order valence-electron chi connectivity index (χ1n) is 6.33. The number of rotatable bonds is 3. The largest absolute Gasteiger partial charge is 0.379 e. The van der Waals surface area contributed by atoms with E-state index in [2.05, 4.69) is 10.4 Å². The van der Waals surface area contributed by atoms with Crippen molar-refractivity contribution < 1.29 is 13.2 Å². The summed E-state index contributed by atoms with van der Waals surface area (Å²) in [5.74, 6) is 0. The molecule has 0 radical (unpaired) electrons. The van der Waals surface area contributed by atoms with Crippen LogP contribution in [0.1, 0.15) is 25.7 Å². The van der Waals surface area contributed by atoms with Gasteiger partial charge in [-0.05, 0) is 19.3 Å². The van der Waals surface area contributed by atoms with Crippen LogP contribution in [-0.2, 0) is 14.6 Å². The normalized spacial score (nSPS) is 32.5. The lowest BCUT2D eigenvalue weighted by atomic mass is 9.95.